The number of benzene rings is 2. The largest absolute Gasteiger partial charge is 0.353 e. The number of piperazine rings is 1. The van der Waals surface area contributed by atoms with Gasteiger partial charge in [0.25, 0.3) is 11.7 Å². The quantitative estimate of drug-likeness (QED) is 0.647. The summed E-state index contributed by atoms with van der Waals surface area (Å²) in [7, 11) is 0. The summed E-state index contributed by atoms with van der Waals surface area (Å²) in [5.74, 6) is 0.0171. The third-order valence-corrected chi connectivity index (χ3v) is 6.78. The topological polar surface area (TPSA) is 65.5 Å². The van der Waals surface area contributed by atoms with Crippen molar-refractivity contribution in [3.63, 3.8) is 0 Å². The number of anilines is 2. The van der Waals surface area contributed by atoms with Crippen LogP contribution < -0.4 is 10.2 Å². The van der Waals surface area contributed by atoms with Gasteiger partial charge < -0.3 is 10.2 Å². The number of carbonyl (C=O) groups is 2. The number of halogens is 1. The van der Waals surface area contributed by atoms with Gasteiger partial charge in [0, 0.05) is 43.1 Å². The highest BCUT2D eigenvalue weighted by molar-refractivity contribution is 7.13. The van der Waals surface area contributed by atoms with E-state index in [0.29, 0.717) is 16.3 Å². The first-order chi connectivity index (χ1) is 14.1. The van der Waals surface area contributed by atoms with Crippen molar-refractivity contribution in [2.75, 3.05) is 42.9 Å². The Labute approximate surface area is 177 Å². The predicted octanol–water partition coefficient (Wildman–Crippen LogP) is 3.45. The molecule has 0 bridgehead atoms. The van der Waals surface area contributed by atoms with Gasteiger partial charge in [0.15, 0.2) is 0 Å². The molecule has 0 spiro atoms. The summed E-state index contributed by atoms with van der Waals surface area (Å²) < 4.78 is 5.88. The maximum atomic E-state index is 11.9. The van der Waals surface area contributed by atoms with Gasteiger partial charge in [-0.25, -0.2) is 0 Å². The Hall–Kier alpha value is -2.48. The zero-order valence-electron chi connectivity index (χ0n) is 15.7. The Balaban J connectivity index is 1.22. The molecule has 5 rings (SSSR count). The average Bonchev–Trinajstić information content (AvgIpc) is 3.28. The van der Waals surface area contributed by atoms with E-state index in [0.717, 1.165) is 50.5 Å². The van der Waals surface area contributed by atoms with Gasteiger partial charge >= 0.3 is 0 Å². The first-order valence-corrected chi connectivity index (χ1v) is 10.7. The third kappa shape index (κ3) is 3.39. The van der Waals surface area contributed by atoms with Crippen LogP contribution in [0.2, 0.25) is 5.02 Å². The van der Waals surface area contributed by atoms with Crippen molar-refractivity contribution < 1.29 is 9.59 Å². The second-order valence-electron chi connectivity index (χ2n) is 7.35. The van der Waals surface area contributed by atoms with Crippen molar-refractivity contribution in [2.24, 2.45) is 0 Å². The second-order valence-corrected chi connectivity index (χ2v) is 8.57. The van der Waals surface area contributed by atoms with Crippen molar-refractivity contribution in [3.8, 4) is 0 Å². The van der Waals surface area contributed by atoms with E-state index in [-0.39, 0.29) is 0 Å². The number of nitrogens with one attached hydrogen (secondary N) is 1. The van der Waals surface area contributed by atoms with Crippen molar-refractivity contribution in [2.45, 2.75) is 6.42 Å². The van der Waals surface area contributed by atoms with Crippen LogP contribution in [0.4, 0.5) is 11.5 Å². The highest BCUT2D eigenvalue weighted by Crippen LogP contribution is 2.31. The first kappa shape index (κ1) is 18.5. The number of hydrogen-bond donors (Lipinski definition) is 1. The molecule has 0 saturated carbocycles. The minimum atomic E-state index is -0.584. The number of ketones is 1. The smallest absolute Gasteiger partial charge is 0.296 e. The van der Waals surface area contributed by atoms with Crippen LogP contribution in [0.15, 0.2) is 36.4 Å². The van der Waals surface area contributed by atoms with E-state index in [9.17, 15) is 9.59 Å². The van der Waals surface area contributed by atoms with Gasteiger partial charge in [-0.05, 0) is 47.8 Å². The summed E-state index contributed by atoms with van der Waals surface area (Å²) in [6, 6.07) is 11.8. The summed E-state index contributed by atoms with van der Waals surface area (Å²) >= 11 is 7.92. The molecule has 1 amide bonds. The van der Waals surface area contributed by atoms with Gasteiger partial charge in [0.2, 0.25) is 0 Å². The van der Waals surface area contributed by atoms with Crippen molar-refractivity contribution >= 4 is 56.4 Å². The molecule has 3 aromatic rings. The Morgan fingerprint density at radius 3 is 2.72 bits per heavy atom. The van der Waals surface area contributed by atoms with Crippen LogP contribution in [0.25, 0.3) is 10.1 Å². The van der Waals surface area contributed by atoms with Gasteiger partial charge in [-0.1, -0.05) is 23.7 Å². The summed E-state index contributed by atoms with van der Waals surface area (Å²) in [5, 5.41) is 4.37. The normalized spacial score (nSPS) is 17.1. The molecule has 1 fully saturated rings. The maximum absolute atomic E-state index is 11.9. The van der Waals surface area contributed by atoms with Crippen molar-refractivity contribution in [1.82, 2.24) is 9.27 Å². The summed E-state index contributed by atoms with van der Waals surface area (Å²) in [6.45, 7) is 4.63. The minimum Gasteiger partial charge on any atom is -0.353 e. The van der Waals surface area contributed by atoms with Gasteiger partial charge in [-0.15, -0.1) is 0 Å². The molecule has 8 heteroatoms. The van der Waals surface area contributed by atoms with Crippen LogP contribution in [0, 0.1) is 0 Å². The Kier molecular flexibility index (Phi) is 4.73. The number of hydrogen-bond acceptors (Lipinski definition) is 6. The van der Waals surface area contributed by atoms with E-state index in [4.69, 9.17) is 11.6 Å². The molecule has 0 aliphatic carbocycles. The van der Waals surface area contributed by atoms with Crippen LogP contribution in [-0.2, 0) is 11.2 Å². The molecule has 6 nitrogen and oxygen atoms in total. The molecule has 1 saturated heterocycles. The van der Waals surface area contributed by atoms with Gasteiger partial charge in [0.1, 0.15) is 5.82 Å². The monoisotopic (exact) mass is 426 g/mol. The lowest BCUT2D eigenvalue weighted by Crippen LogP contribution is -2.47. The van der Waals surface area contributed by atoms with Gasteiger partial charge in [0.05, 0.1) is 16.0 Å². The highest BCUT2D eigenvalue weighted by Gasteiger charge is 2.29. The Bertz CT molecular complexity index is 1120. The van der Waals surface area contributed by atoms with Gasteiger partial charge in [-0.3, -0.25) is 14.5 Å². The lowest BCUT2D eigenvalue weighted by atomic mass is 10.0. The van der Waals surface area contributed by atoms with Crippen LogP contribution in [0.5, 0.6) is 0 Å². The molecular weight excluding hydrogens is 408 g/mol. The van der Waals surface area contributed by atoms with Crippen molar-refractivity contribution in [1.29, 1.82) is 0 Å². The Morgan fingerprint density at radius 2 is 1.90 bits per heavy atom. The molecule has 3 heterocycles. The lowest BCUT2D eigenvalue weighted by Gasteiger charge is -2.35. The zero-order chi connectivity index (χ0) is 20.0. The number of fused-ring (bicyclic) bond motifs is 2. The zero-order valence-corrected chi connectivity index (χ0v) is 17.2. The van der Waals surface area contributed by atoms with E-state index in [1.54, 1.807) is 23.7 Å². The Morgan fingerprint density at radius 1 is 1.10 bits per heavy atom. The van der Waals surface area contributed by atoms with Gasteiger partial charge in [-0.2, -0.15) is 4.37 Å². The molecule has 0 unspecified atom stereocenters. The first-order valence-electron chi connectivity index (χ1n) is 9.60. The van der Waals surface area contributed by atoms with Crippen LogP contribution >= 0.6 is 23.1 Å². The average molecular weight is 427 g/mol. The third-order valence-electron chi connectivity index (χ3n) is 5.61. The second kappa shape index (κ2) is 7.40. The van der Waals surface area contributed by atoms with Crippen LogP contribution in [0.1, 0.15) is 15.9 Å². The maximum Gasteiger partial charge on any atom is 0.296 e. The summed E-state index contributed by atoms with van der Waals surface area (Å²) in [5.41, 5.74) is 1.84. The fourth-order valence-electron chi connectivity index (χ4n) is 3.96. The van der Waals surface area contributed by atoms with E-state index in [2.05, 4.69) is 37.7 Å². The number of Topliss-reactive ketones (excluding diaryl/α,β-unsaturated/α-hetero) is 1. The van der Waals surface area contributed by atoms with E-state index in [1.165, 1.54) is 10.1 Å². The number of rotatable bonds is 4. The van der Waals surface area contributed by atoms with E-state index < -0.39 is 11.7 Å². The summed E-state index contributed by atoms with van der Waals surface area (Å²) in [4.78, 5) is 28.2. The fraction of sp³-hybridized carbons (Fsp3) is 0.286. The molecule has 2 aliphatic heterocycles. The van der Waals surface area contributed by atoms with E-state index >= 15 is 0 Å². The molecule has 1 aromatic heterocycles. The summed E-state index contributed by atoms with van der Waals surface area (Å²) in [6.07, 6.45) is 0.743. The standard InChI is InChI=1S/C21H19ClN4O2S/c22-16-12-17-15(19(27)21(28)23-17)11-13(16)5-6-25-7-9-26(10-8-25)20-14-3-1-2-4-18(14)29-24-20/h1-4,11-12H,5-10H2,(H,23,27,28). The molecule has 148 valence electrons. The lowest BCUT2D eigenvalue weighted by molar-refractivity contribution is -0.112. The molecule has 0 radical (unpaired) electrons. The SMILES string of the molecule is O=C1Nc2cc(Cl)c(CCN3CCN(c4nsc5ccccc45)CC3)cc2C1=O. The van der Waals surface area contributed by atoms with Crippen molar-refractivity contribution in [3.05, 3.63) is 52.5 Å². The predicted molar refractivity (Wildman–Crippen MR) is 116 cm³/mol. The minimum absolute atomic E-state index is 0.426. The van der Waals surface area contributed by atoms with Crippen LogP contribution in [-0.4, -0.2) is 53.7 Å². The molecule has 1 N–H and O–H groups in total. The number of nitrogens with zero attached hydrogens (tertiary/aromatic N) is 3. The van der Waals surface area contributed by atoms with E-state index in [1.807, 2.05) is 6.07 Å². The number of aromatic nitrogens is 1. The number of amides is 1. The fourth-order valence-corrected chi connectivity index (χ4v) is 5.02. The molecule has 2 aromatic carbocycles. The van der Waals surface area contributed by atoms with Crippen LogP contribution in [0.3, 0.4) is 0 Å². The molecule has 0 atom stereocenters. The highest BCUT2D eigenvalue weighted by atomic mass is 35.5. The number of carbonyl (C=O) groups excluding carboxylic acids is 2. The molecular formula is C21H19ClN4O2S. The molecule has 2 aliphatic rings. The molecule has 29 heavy (non-hydrogen) atoms.